The van der Waals surface area contributed by atoms with Crippen molar-refractivity contribution >= 4 is 44.9 Å². The van der Waals surface area contributed by atoms with Crippen LogP contribution in [0.4, 0.5) is 14.5 Å². The number of hydrogen-bond acceptors (Lipinski definition) is 6. The summed E-state index contributed by atoms with van der Waals surface area (Å²) in [7, 11) is 1.88. The number of likely N-dealkylation sites (N-methyl/N-ethyl adjacent to an activating group) is 1. The van der Waals surface area contributed by atoms with Crippen molar-refractivity contribution in [2.45, 2.75) is 43.6 Å². The Morgan fingerprint density at radius 2 is 2.07 bits per heavy atom. The van der Waals surface area contributed by atoms with Crippen LogP contribution in [0.2, 0.25) is 5.02 Å². The number of amides is 1. The molecule has 230 valence electrons. The number of aromatic nitrogens is 1. The molecule has 45 heavy (non-hydrogen) atoms. The molecule has 3 fully saturated rings. The van der Waals surface area contributed by atoms with Crippen LogP contribution in [0, 0.1) is 17.1 Å². The van der Waals surface area contributed by atoms with Crippen LogP contribution >= 0.6 is 11.6 Å². The molecule has 4 aromatic rings. The maximum Gasteiger partial charge on any atom is 0.246 e. The molecule has 1 aromatic heterocycles. The Labute approximate surface area is 265 Å². The van der Waals surface area contributed by atoms with Gasteiger partial charge in [0.2, 0.25) is 11.8 Å². The fourth-order valence-electron chi connectivity index (χ4n) is 7.32. The zero-order chi connectivity index (χ0) is 31.4. The molecule has 0 aliphatic carbocycles. The third kappa shape index (κ3) is 4.97. The van der Waals surface area contributed by atoms with Gasteiger partial charge >= 0.3 is 0 Å². The minimum Gasteiger partial charge on any atom is -0.476 e. The number of fused-ring (bicyclic) bond motifs is 3. The normalized spacial score (nSPS) is 22.8. The third-order valence-electron chi connectivity index (χ3n) is 9.61. The lowest BCUT2D eigenvalue weighted by molar-refractivity contribution is -0.127. The van der Waals surface area contributed by atoms with E-state index in [0.29, 0.717) is 48.4 Å². The highest BCUT2D eigenvalue weighted by molar-refractivity contribution is 6.37. The van der Waals surface area contributed by atoms with E-state index in [9.17, 15) is 18.8 Å². The highest BCUT2D eigenvalue weighted by Gasteiger charge is 2.49. The molecular formula is C35H32ClF2N5O2. The number of pyridine rings is 1. The Morgan fingerprint density at radius 1 is 1.22 bits per heavy atom. The minimum atomic E-state index is -0.913. The maximum atomic E-state index is 14.6. The van der Waals surface area contributed by atoms with E-state index in [2.05, 4.69) is 17.5 Å². The summed E-state index contributed by atoms with van der Waals surface area (Å²) >= 11 is 6.48. The number of benzene rings is 3. The summed E-state index contributed by atoms with van der Waals surface area (Å²) in [5.74, 6) is -0.228. The lowest BCUT2D eigenvalue weighted by atomic mass is 9.91. The van der Waals surface area contributed by atoms with E-state index >= 15 is 0 Å². The van der Waals surface area contributed by atoms with E-state index in [1.807, 2.05) is 53.2 Å². The van der Waals surface area contributed by atoms with E-state index in [1.165, 1.54) is 12.1 Å². The van der Waals surface area contributed by atoms with Gasteiger partial charge in [-0.2, -0.15) is 5.26 Å². The van der Waals surface area contributed by atoms with Gasteiger partial charge in [0.25, 0.3) is 0 Å². The second-order valence-electron chi connectivity index (χ2n) is 12.1. The van der Waals surface area contributed by atoms with Gasteiger partial charge in [0, 0.05) is 36.4 Å². The predicted octanol–water partition coefficient (Wildman–Crippen LogP) is 6.31. The Bertz CT molecular complexity index is 1890. The van der Waals surface area contributed by atoms with Crippen LogP contribution in [0.1, 0.15) is 18.4 Å². The number of halogens is 3. The van der Waals surface area contributed by atoms with Crippen LogP contribution in [0.3, 0.4) is 0 Å². The smallest absolute Gasteiger partial charge is 0.246 e. The number of nitrogens with zero attached hydrogens (tertiary/aromatic N) is 5. The van der Waals surface area contributed by atoms with Gasteiger partial charge in [-0.3, -0.25) is 9.69 Å². The zero-order valence-corrected chi connectivity index (χ0v) is 25.6. The monoisotopic (exact) mass is 627 g/mol. The Morgan fingerprint density at radius 3 is 2.82 bits per heavy atom. The molecule has 3 aromatic carbocycles. The van der Waals surface area contributed by atoms with Crippen molar-refractivity contribution in [1.29, 1.82) is 5.26 Å². The van der Waals surface area contributed by atoms with Crippen molar-refractivity contribution in [2.75, 3.05) is 38.2 Å². The number of ether oxygens (including phenoxy) is 1. The molecule has 7 rings (SSSR count). The summed E-state index contributed by atoms with van der Waals surface area (Å²) in [6.07, 6.45) is 1.68. The van der Waals surface area contributed by atoms with Crippen molar-refractivity contribution in [3.05, 3.63) is 77.6 Å². The van der Waals surface area contributed by atoms with E-state index < -0.39 is 12.0 Å². The van der Waals surface area contributed by atoms with Gasteiger partial charge in [-0.05, 0) is 54.6 Å². The first-order valence-electron chi connectivity index (χ1n) is 15.2. The maximum absolute atomic E-state index is 14.6. The second kappa shape index (κ2) is 11.6. The molecule has 0 saturated carbocycles. The molecule has 3 saturated heterocycles. The molecule has 0 N–H and O–H groups in total. The molecule has 0 radical (unpaired) electrons. The van der Waals surface area contributed by atoms with E-state index in [0.717, 1.165) is 34.0 Å². The van der Waals surface area contributed by atoms with Crippen molar-refractivity contribution in [3.63, 3.8) is 0 Å². The zero-order valence-electron chi connectivity index (χ0n) is 24.8. The Hall–Kier alpha value is -4.26. The van der Waals surface area contributed by atoms with Crippen LogP contribution < -0.4 is 9.64 Å². The topological polar surface area (TPSA) is 72.7 Å². The summed E-state index contributed by atoms with van der Waals surface area (Å²) < 4.78 is 35.1. The van der Waals surface area contributed by atoms with Gasteiger partial charge in [0.15, 0.2) is 0 Å². The molecule has 3 aliphatic rings. The largest absolute Gasteiger partial charge is 0.476 e. The predicted molar refractivity (Wildman–Crippen MR) is 172 cm³/mol. The van der Waals surface area contributed by atoms with Crippen molar-refractivity contribution < 1.29 is 18.3 Å². The van der Waals surface area contributed by atoms with Gasteiger partial charge in [0.1, 0.15) is 18.6 Å². The van der Waals surface area contributed by atoms with Crippen molar-refractivity contribution in [1.82, 2.24) is 14.8 Å². The first-order valence-corrected chi connectivity index (χ1v) is 15.5. The van der Waals surface area contributed by atoms with Gasteiger partial charge in [0.05, 0.1) is 46.4 Å². The number of hydrogen-bond donors (Lipinski definition) is 0. The Kier molecular flexibility index (Phi) is 7.58. The Balaban J connectivity index is 1.36. The first-order chi connectivity index (χ1) is 21.8. The molecule has 0 bridgehead atoms. The van der Waals surface area contributed by atoms with Gasteiger partial charge in [-0.15, -0.1) is 0 Å². The van der Waals surface area contributed by atoms with E-state index in [4.69, 9.17) is 21.3 Å². The summed E-state index contributed by atoms with van der Waals surface area (Å²) in [6.45, 7) is 5.49. The first kappa shape index (κ1) is 29.5. The fraction of sp³-hybridized carbons (Fsp3) is 0.343. The molecule has 4 heterocycles. The number of rotatable bonds is 7. The summed E-state index contributed by atoms with van der Waals surface area (Å²) in [5, 5.41) is 12.3. The van der Waals surface area contributed by atoms with Crippen LogP contribution in [-0.4, -0.2) is 78.3 Å². The highest BCUT2D eigenvalue weighted by Crippen LogP contribution is 2.45. The number of likely N-dealkylation sites (tertiary alicyclic amines) is 2. The van der Waals surface area contributed by atoms with Gasteiger partial charge in [-0.25, -0.2) is 13.8 Å². The van der Waals surface area contributed by atoms with Gasteiger partial charge < -0.3 is 14.5 Å². The van der Waals surface area contributed by atoms with E-state index in [1.54, 1.807) is 6.07 Å². The van der Waals surface area contributed by atoms with Crippen LogP contribution in [-0.2, 0) is 11.2 Å². The second-order valence-corrected chi connectivity index (χ2v) is 12.5. The average Bonchev–Trinajstić information content (AvgIpc) is 3.54. The third-order valence-corrected chi connectivity index (χ3v) is 9.98. The molecule has 0 unspecified atom stereocenters. The molecule has 1 amide bonds. The summed E-state index contributed by atoms with van der Waals surface area (Å²) in [5.41, 5.74) is 3.76. The standard InChI is InChI=1S/C35H32ClF2N5O2/c1-3-31(44)42-14-12-29-30(42)18-43(29)34-25-9-7-21(24-6-4-5-20-8-10-27(38)33(36)32(20)24)15-28(25)40-35(26(34)11-13-39)45-19-23-16-22(37)17-41(23)2/h3-10,15,22-23,29-30H,1,11-12,14,16-19H2,2H3/t22-,23+,29-,30-/m1/s1. The van der Waals surface area contributed by atoms with Gasteiger partial charge in [-0.1, -0.05) is 54.6 Å². The number of alkyl halides is 1. The summed E-state index contributed by atoms with van der Waals surface area (Å²) in [4.78, 5) is 23.5. The molecule has 3 aliphatic heterocycles. The molecular weight excluding hydrogens is 596 g/mol. The average molecular weight is 628 g/mol. The minimum absolute atomic E-state index is 0.0543. The highest BCUT2D eigenvalue weighted by atomic mass is 35.5. The lowest BCUT2D eigenvalue weighted by Gasteiger charge is -2.49. The van der Waals surface area contributed by atoms with Crippen LogP contribution in [0.5, 0.6) is 5.88 Å². The van der Waals surface area contributed by atoms with Crippen LogP contribution in [0.25, 0.3) is 32.8 Å². The van der Waals surface area contributed by atoms with Crippen LogP contribution in [0.15, 0.2) is 61.2 Å². The molecule has 4 atom stereocenters. The van der Waals surface area contributed by atoms with E-state index in [-0.39, 0.29) is 42.1 Å². The van der Waals surface area contributed by atoms with Crippen molar-refractivity contribution in [2.24, 2.45) is 0 Å². The number of carbonyl (C=O) groups is 1. The molecule has 7 nitrogen and oxygen atoms in total. The number of nitriles is 1. The fourth-order valence-corrected chi connectivity index (χ4v) is 7.59. The lowest BCUT2D eigenvalue weighted by Crippen LogP contribution is -2.63. The molecule has 10 heteroatoms. The number of anilines is 1. The molecule has 0 spiro atoms. The number of carbonyl (C=O) groups excluding carboxylic acids is 1. The SMILES string of the molecule is C=CC(=O)N1CC[C@@H]2[C@H]1CN2c1c(CC#N)c(OC[C@@H]2C[C@@H](F)CN2C)nc2cc(-c3cccc4ccc(F)c(Cl)c34)ccc12. The summed E-state index contributed by atoms with van der Waals surface area (Å²) in [6, 6.07) is 17.0. The quantitative estimate of drug-likeness (QED) is 0.224. The van der Waals surface area contributed by atoms with Crippen molar-refractivity contribution in [3.8, 4) is 23.1 Å².